The van der Waals surface area contributed by atoms with E-state index in [-0.39, 0.29) is 17.0 Å². The highest BCUT2D eigenvalue weighted by Crippen LogP contribution is 2.28. The van der Waals surface area contributed by atoms with E-state index in [4.69, 9.17) is 14.7 Å². The molecule has 0 aliphatic carbocycles. The van der Waals surface area contributed by atoms with Gasteiger partial charge in [0.2, 0.25) is 0 Å². The average Bonchev–Trinajstić information content (AvgIpc) is 2.48. The number of hydrogen-bond acceptors (Lipinski definition) is 5. The highest BCUT2D eigenvalue weighted by atomic mass is 16.6. The second-order valence-electron chi connectivity index (χ2n) is 4.23. The molecule has 0 heterocycles. The third-order valence-corrected chi connectivity index (χ3v) is 2.73. The van der Waals surface area contributed by atoms with Gasteiger partial charge in [-0.15, -0.1) is 0 Å². The predicted molar refractivity (Wildman–Crippen MR) is 75.0 cm³/mol. The molecule has 6 nitrogen and oxygen atoms in total. The van der Waals surface area contributed by atoms with E-state index in [0.29, 0.717) is 12.4 Å². The van der Waals surface area contributed by atoms with Gasteiger partial charge in [0.25, 0.3) is 5.69 Å². The normalized spacial score (nSPS) is 9.90. The maximum atomic E-state index is 10.7. The van der Waals surface area contributed by atoms with E-state index in [1.54, 1.807) is 25.3 Å². The van der Waals surface area contributed by atoms with Crippen molar-refractivity contribution in [2.75, 3.05) is 7.11 Å². The van der Waals surface area contributed by atoms with Crippen LogP contribution in [0.3, 0.4) is 0 Å². The van der Waals surface area contributed by atoms with Crippen LogP contribution in [0.25, 0.3) is 0 Å². The lowest BCUT2D eigenvalue weighted by Crippen LogP contribution is -1.93. The fourth-order valence-corrected chi connectivity index (χ4v) is 1.80. The number of nitro benzene ring substituents is 1. The fourth-order valence-electron chi connectivity index (χ4n) is 1.80. The minimum absolute atomic E-state index is 0.112. The Balaban J connectivity index is 2.29. The lowest BCUT2D eigenvalue weighted by atomic mass is 10.2. The summed E-state index contributed by atoms with van der Waals surface area (Å²) in [4.78, 5) is 10.1. The molecular weight excluding hydrogens is 272 g/mol. The summed E-state index contributed by atoms with van der Waals surface area (Å²) in [6.45, 7) is 0.447. The van der Waals surface area contributed by atoms with Gasteiger partial charge in [0.15, 0.2) is 0 Å². The first-order chi connectivity index (χ1) is 10.1. The van der Waals surface area contributed by atoms with Gasteiger partial charge < -0.3 is 9.47 Å². The lowest BCUT2D eigenvalue weighted by Gasteiger charge is -2.08. The van der Waals surface area contributed by atoms with Crippen molar-refractivity contribution in [2.24, 2.45) is 0 Å². The van der Waals surface area contributed by atoms with Crippen LogP contribution in [-0.2, 0) is 11.3 Å². The van der Waals surface area contributed by atoms with E-state index in [2.05, 4.69) is 0 Å². The first-order valence-corrected chi connectivity index (χ1v) is 6.08. The summed E-state index contributed by atoms with van der Waals surface area (Å²) < 4.78 is 10.7. The van der Waals surface area contributed by atoms with Crippen LogP contribution in [-0.4, -0.2) is 12.0 Å². The summed E-state index contributed by atoms with van der Waals surface area (Å²) in [7, 11) is 1.59. The van der Waals surface area contributed by atoms with Gasteiger partial charge in [-0.05, 0) is 23.8 Å². The summed E-state index contributed by atoms with van der Waals surface area (Å²) in [6.07, 6.45) is 0. The molecule has 0 amide bonds. The Hall–Kier alpha value is -2.91. The third kappa shape index (κ3) is 3.55. The number of ether oxygens (including phenoxy) is 2. The van der Waals surface area contributed by atoms with Gasteiger partial charge in [0.1, 0.15) is 23.1 Å². The van der Waals surface area contributed by atoms with E-state index >= 15 is 0 Å². The van der Waals surface area contributed by atoms with E-state index in [9.17, 15) is 10.1 Å². The van der Waals surface area contributed by atoms with Crippen LogP contribution in [0.15, 0.2) is 42.5 Å². The van der Waals surface area contributed by atoms with Crippen LogP contribution in [0.4, 0.5) is 5.69 Å². The molecule has 0 spiro atoms. The number of nitrogens with zero attached hydrogens (tertiary/aromatic N) is 2. The molecule has 0 N–H and O–H groups in total. The number of rotatable bonds is 5. The Labute approximate surface area is 121 Å². The zero-order valence-electron chi connectivity index (χ0n) is 11.3. The Bertz CT molecular complexity index is 707. The summed E-state index contributed by atoms with van der Waals surface area (Å²) in [5, 5.41) is 19.8. The number of methoxy groups -OCH3 is 1. The van der Waals surface area contributed by atoms with E-state index < -0.39 is 4.92 Å². The third-order valence-electron chi connectivity index (χ3n) is 2.73. The minimum Gasteiger partial charge on any atom is -0.456 e. The number of non-ortho nitro benzene ring substituents is 1. The number of nitriles is 1. The second kappa shape index (κ2) is 6.50. The first-order valence-electron chi connectivity index (χ1n) is 6.08. The molecule has 0 aliphatic heterocycles. The van der Waals surface area contributed by atoms with Gasteiger partial charge in [-0.25, -0.2) is 0 Å². The van der Waals surface area contributed by atoms with Crippen molar-refractivity contribution in [1.82, 2.24) is 0 Å². The van der Waals surface area contributed by atoms with Crippen LogP contribution < -0.4 is 4.74 Å². The van der Waals surface area contributed by atoms with Gasteiger partial charge in [0.05, 0.1) is 11.5 Å². The molecule has 2 rings (SSSR count). The van der Waals surface area contributed by atoms with Gasteiger partial charge in [0, 0.05) is 19.2 Å². The molecule has 0 fully saturated rings. The van der Waals surface area contributed by atoms with Gasteiger partial charge in [-0.2, -0.15) is 5.26 Å². The lowest BCUT2D eigenvalue weighted by molar-refractivity contribution is -0.384. The molecular formula is C15H12N2O4. The standard InChI is InChI=1S/C15H12N2O4/c1-20-10-11-3-2-4-14(7-11)21-15-6-5-13(17(18)19)8-12(15)9-16/h2-8H,10H2,1H3. The monoisotopic (exact) mass is 284 g/mol. The molecule has 106 valence electrons. The molecule has 2 aromatic rings. The van der Waals surface area contributed by atoms with Crippen molar-refractivity contribution in [3.8, 4) is 17.6 Å². The van der Waals surface area contributed by atoms with Crippen molar-refractivity contribution >= 4 is 5.69 Å². The minimum atomic E-state index is -0.552. The molecule has 0 saturated carbocycles. The summed E-state index contributed by atoms with van der Waals surface area (Å²) in [5.74, 6) is 0.813. The quantitative estimate of drug-likeness (QED) is 0.620. The van der Waals surface area contributed by atoms with Crippen LogP contribution >= 0.6 is 0 Å². The Kier molecular flexibility index (Phi) is 4.49. The van der Waals surface area contributed by atoms with E-state index in [1.807, 2.05) is 12.1 Å². The van der Waals surface area contributed by atoms with Crippen molar-refractivity contribution in [1.29, 1.82) is 5.26 Å². The fraction of sp³-hybridized carbons (Fsp3) is 0.133. The zero-order chi connectivity index (χ0) is 15.2. The van der Waals surface area contributed by atoms with Gasteiger partial charge in [-0.3, -0.25) is 10.1 Å². The van der Waals surface area contributed by atoms with E-state index in [1.165, 1.54) is 18.2 Å². The molecule has 2 aromatic carbocycles. The Morgan fingerprint density at radius 3 is 2.76 bits per heavy atom. The second-order valence-corrected chi connectivity index (χ2v) is 4.23. The number of benzene rings is 2. The topological polar surface area (TPSA) is 85.4 Å². The van der Waals surface area contributed by atoms with Gasteiger partial charge in [-0.1, -0.05) is 12.1 Å². The molecule has 0 radical (unpaired) electrons. The Morgan fingerprint density at radius 2 is 2.10 bits per heavy atom. The number of hydrogen-bond donors (Lipinski definition) is 0. The largest absolute Gasteiger partial charge is 0.456 e. The first kappa shape index (κ1) is 14.5. The van der Waals surface area contributed by atoms with E-state index in [0.717, 1.165) is 5.56 Å². The highest BCUT2D eigenvalue weighted by molar-refractivity contribution is 5.51. The summed E-state index contributed by atoms with van der Waals surface area (Å²) in [6, 6.07) is 13.0. The van der Waals surface area contributed by atoms with Crippen molar-refractivity contribution in [2.45, 2.75) is 6.61 Å². The predicted octanol–water partition coefficient (Wildman–Crippen LogP) is 3.41. The average molecular weight is 284 g/mol. The molecule has 0 bridgehead atoms. The number of nitro groups is 1. The maximum absolute atomic E-state index is 10.7. The van der Waals surface area contributed by atoms with Crippen LogP contribution in [0.1, 0.15) is 11.1 Å². The van der Waals surface area contributed by atoms with Crippen molar-refractivity contribution in [3.63, 3.8) is 0 Å². The molecule has 0 aliphatic rings. The highest BCUT2D eigenvalue weighted by Gasteiger charge is 2.12. The molecule has 6 heteroatoms. The van der Waals surface area contributed by atoms with Gasteiger partial charge >= 0.3 is 0 Å². The molecule has 0 aromatic heterocycles. The summed E-state index contributed by atoms with van der Waals surface area (Å²) >= 11 is 0. The molecule has 0 saturated heterocycles. The van der Waals surface area contributed by atoms with Crippen LogP contribution in [0.5, 0.6) is 11.5 Å². The van der Waals surface area contributed by atoms with Crippen molar-refractivity contribution < 1.29 is 14.4 Å². The Morgan fingerprint density at radius 1 is 1.29 bits per heavy atom. The maximum Gasteiger partial charge on any atom is 0.271 e. The van der Waals surface area contributed by atoms with Crippen LogP contribution in [0, 0.1) is 21.4 Å². The van der Waals surface area contributed by atoms with Crippen molar-refractivity contribution in [3.05, 3.63) is 63.7 Å². The molecule has 0 atom stereocenters. The smallest absolute Gasteiger partial charge is 0.271 e. The summed E-state index contributed by atoms with van der Waals surface area (Å²) in [5.41, 5.74) is 0.892. The molecule has 0 unspecified atom stereocenters. The molecule has 21 heavy (non-hydrogen) atoms. The van der Waals surface area contributed by atoms with Crippen LogP contribution in [0.2, 0.25) is 0 Å². The zero-order valence-corrected chi connectivity index (χ0v) is 11.3. The SMILES string of the molecule is COCc1cccc(Oc2ccc([N+](=O)[O-])cc2C#N)c1.